The number of anilines is 1. The predicted molar refractivity (Wildman–Crippen MR) is 93.9 cm³/mol. The molecule has 1 N–H and O–H groups in total. The van der Waals surface area contributed by atoms with E-state index in [1.54, 1.807) is 18.2 Å². The van der Waals surface area contributed by atoms with Crippen molar-refractivity contribution in [3.05, 3.63) is 57.5 Å². The Bertz CT molecular complexity index is 822. The van der Waals surface area contributed by atoms with Crippen LogP contribution in [0.1, 0.15) is 10.4 Å². The van der Waals surface area contributed by atoms with Crippen molar-refractivity contribution < 1.29 is 17.9 Å². The lowest BCUT2D eigenvalue weighted by Crippen LogP contribution is -2.12. The fraction of sp³-hybridized carbons (Fsp3) is 0.133. The van der Waals surface area contributed by atoms with Crippen LogP contribution in [0.2, 0.25) is 5.02 Å². The number of hydrogen-bond donors (Lipinski definition) is 1. The van der Waals surface area contributed by atoms with E-state index in [0.29, 0.717) is 26.5 Å². The van der Waals surface area contributed by atoms with E-state index in [4.69, 9.17) is 16.3 Å². The van der Waals surface area contributed by atoms with Gasteiger partial charge < -0.3 is 4.74 Å². The largest absolute Gasteiger partial charge is 0.484 e. The van der Waals surface area contributed by atoms with E-state index < -0.39 is 10.0 Å². The van der Waals surface area contributed by atoms with Gasteiger partial charge in [0, 0.05) is 16.3 Å². The minimum atomic E-state index is -3.34. The van der Waals surface area contributed by atoms with Crippen molar-refractivity contribution >= 4 is 49.0 Å². The van der Waals surface area contributed by atoms with Gasteiger partial charge in [0.05, 0.1) is 10.7 Å². The number of carbonyl (C=O) groups is 1. The molecule has 0 aliphatic rings. The van der Waals surface area contributed by atoms with E-state index in [0.717, 1.165) is 6.26 Å². The van der Waals surface area contributed by atoms with Crippen LogP contribution < -0.4 is 9.46 Å². The number of ketones is 1. The number of sulfonamides is 1. The lowest BCUT2D eigenvalue weighted by Gasteiger charge is -2.08. The molecule has 122 valence electrons. The third kappa shape index (κ3) is 5.53. The Balaban J connectivity index is 2.00. The second-order valence-electron chi connectivity index (χ2n) is 4.74. The first kappa shape index (κ1) is 17.8. The van der Waals surface area contributed by atoms with E-state index in [1.165, 1.54) is 24.3 Å². The Hall–Kier alpha value is -1.57. The third-order valence-electron chi connectivity index (χ3n) is 2.76. The third-order valence-corrected chi connectivity index (χ3v) is 4.22. The van der Waals surface area contributed by atoms with Crippen LogP contribution in [-0.4, -0.2) is 27.1 Å². The van der Waals surface area contributed by atoms with Gasteiger partial charge in [0.25, 0.3) is 0 Å². The van der Waals surface area contributed by atoms with E-state index in [9.17, 15) is 13.2 Å². The molecule has 0 heterocycles. The Labute approximate surface area is 147 Å². The van der Waals surface area contributed by atoms with Crippen LogP contribution in [0.4, 0.5) is 5.69 Å². The van der Waals surface area contributed by atoms with Crippen molar-refractivity contribution in [1.82, 2.24) is 0 Å². The first-order chi connectivity index (χ1) is 10.7. The Morgan fingerprint density at radius 2 is 1.87 bits per heavy atom. The number of ether oxygens (including phenoxy) is 1. The zero-order valence-electron chi connectivity index (χ0n) is 12.0. The standard InChI is InChI=1S/C15H13BrClNO4S/c1-23(20,21)18-12-5-2-10(3-6-12)14(19)9-22-15-7-4-11(17)8-13(15)16/h2-8,18H,9H2,1H3. The monoisotopic (exact) mass is 417 g/mol. The van der Waals surface area contributed by atoms with Gasteiger partial charge in [-0.2, -0.15) is 0 Å². The van der Waals surface area contributed by atoms with Crippen LogP contribution in [0.15, 0.2) is 46.9 Å². The van der Waals surface area contributed by atoms with Gasteiger partial charge in [-0.3, -0.25) is 9.52 Å². The summed E-state index contributed by atoms with van der Waals surface area (Å²) >= 11 is 9.14. The molecule has 0 unspecified atom stereocenters. The molecule has 0 saturated carbocycles. The van der Waals surface area contributed by atoms with Crippen LogP contribution in [0, 0.1) is 0 Å². The highest BCUT2D eigenvalue weighted by Gasteiger charge is 2.10. The molecule has 0 amide bonds. The summed E-state index contributed by atoms with van der Waals surface area (Å²) in [6.45, 7) is -0.140. The number of rotatable bonds is 6. The highest BCUT2D eigenvalue weighted by Crippen LogP contribution is 2.28. The van der Waals surface area contributed by atoms with Crippen LogP contribution in [-0.2, 0) is 10.0 Å². The highest BCUT2D eigenvalue weighted by atomic mass is 79.9. The van der Waals surface area contributed by atoms with Gasteiger partial charge in [-0.1, -0.05) is 11.6 Å². The van der Waals surface area contributed by atoms with Crippen molar-refractivity contribution in [2.45, 2.75) is 0 Å². The number of hydrogen-bond acceptors (Lipinski definition) is 4. The average Bonchev–Trinajstić information content (AvgIpc) is 2.45. The molecule has 0 radical (unpaired) electrons. The summed E-state index contributed by atoms with van der Waals surface area (Å²) in [5.74, 6) is 0.288. The summed E-state index contributed by atoms with van der Waals surface area (Å²) in [6, 6.07) is 11.1. The van der Waals surface area contributed by atoms with Crippen molar-refractivity contribution in [2.75, 3.05) is 17.6 Å². The molecule has 0 bridgehead atoms. The van der Waals surface area contributed by atoms with Gasteiger partial charge in [0.1, 0.15) is 5.75 Å². The maximum atomic E-state index is 12.1. The molecule has 0 aliphatic heterocycles. The molecule has 5 nitrogen and oxygen atoms in total. The van der Waals surface area contributed by atoms with Crippen LogP contribution in [0.25, 0.3) is 0 Å². The minimum absolute atomic E-state index is 0.140. The van der Waals surface area contributed by atoms with Crippen LogP contribution >= 0.6 is 27.5 Å². The SMILES string of the molecule is CS(=O)(=O)Nc1ccc(C(=O)COc2ccc(Cl)cc2Br)cc1. The predicted octanol–water partition coefficient (Wildman–Crippen LogP) is 3.74. The van der Waals surface area contributed by atoms with Gasteiger partial charge in [-0.15, -0.1) is 0 Å². The first-order valence-corrected chi connectivity index (χ1v) is 9.50. The molecule has 0 atom stereocenters. The molecule has 23 heavy (non-hydrogen) atoms. The van der Waals surface area contributed by atoms with Crippen molar-refractivity contribution in [1.29, 1.82) is 0 Å². The summed E-state index contributed by atoms with van der Waals surface area (Å²) in [7, 11) is -3.34. The number of nitrogens with one attached hydrogen (secondary N) is 1. The van der Waals surface area contributed by atoms with Crippen LogP contribution in [0.5, 0.6) is 5.75 Å². The van der Waals surface area contributed by atoms with Crippen LogP contribution in [0.3, 0.4) is 0 Å². The van der Waals surface area contributed by atoms with Gasteiger partial charge in [-0.25, -0.2) is 8.42 Å². The van der Waals surface area contributed by atoms with Gasteiger partial charge in [0.15, 0.2) is 12.4 Å². The topological polar surface area (TPSA) is 72.5 Å². The normalized spacial score (nSPS) is 11.1. The maximum absolute atomic E-state index is 12.1. The number of halogens is 2. The zero-order valence-corrected chi connectivity index (χ0v) is 15.2. The molecular formula is C15H13BrClNO4S. The molecule has 0 aromatic heterocycles. The Kier molecular flexibility index (Phi) is 5.67. The smallest absolute Gasteiger partial charge is 0.229 e. The lowest BCUT2D eigenvalue weighted by molar-refractivity contribution is 0.0921. The molecule has 8 heteroatoms. The highest BCUT2D eigenvalue weighted by molar-refractivity contribution is 9.10. The Morgan fingerprint density at radius 1 is 1.22 bits per heavy atom. The molecular weight excluding hydrogens is 406 g/mol. The van der Waals surface area contributed by atoms with Crippen molar-refractivity contribution in [3.8, 4) is 5.75 Å². The fourth-order valence-electron chi connectivity index (χ4n) is 1.76. The summed E-state index contributed by atoms with van der Waals surface area (Å²) in [5, 5.41) is 0.560. The zero-order chi connectivity index (χ0) is 17.0. The van der Waals surface area contributed by atoms with Crippen molar-refractivity contribution in [3.63, 3.8) is 0 Å². The van der Waals surface area contributed by atoms with Gasteiger partial charge >= 0.3 is 0 Å². The lowest BCUT2D eigenvalue weighted by atomic mass is 10.1. The molecule has 2 aromatic rings. The number of benzene rings is 2. The second-order valence-corrected chi connectivity index (χ2v) is 7.78. The molecule has 0 spiro atoms. The maximum Gasteiger partial charge on any atom is 0.229 e. The van der Waals surface area contributed by atoms with E-state index in [-0.39, 0.29) is 12.4 Å². The average molecular weight is 419 g/mol. The second kappa shape index (κ2) is 7.33. The van der Waals surface area contributed by atoms with E-state index >= 15 is 0 Å². The molecule has 0 fully saturated rings. The summed E-state index contributed by atoms with van der Waals surface area (Å²) in [4.78, 5) is 12.1. The van der Waals surface area contributed by atoms with Crippen molar-refractivity contribution in [2.24, 2.45) is 0 Å². The molecule has 2 aromatic carbocycles. The number of carbonyl (C=O) groups excluding carboxylic acids is 1. The molecule has 2 rings (SSSR count). The summed E-state index contributed by atoms with van der Waals surface area (Å²) in [6.07, 6.45) is 1.06. The first-order valence-electron chi connectivity index (χ1n) is 6.43. The fourth-order valence-corrected chi connectivity index (χ4v) is 3.12. The molecule has 0 saturated heterocycles. The van der Waals surface area contributed by atoms with Gasteiger partial charge in [0.2, 0.25) is 10.0 Å². The summed E-state index contributed by atoms with van der Waals surface area (Å²) < 4.78 is 30.7. The minimum Gasteiger partial charge on any atom is -0.484 e. The number of Topliss-reactive ketones (excluding diaryl/α,β-unsaturated/α-hetero) is 1. The summed E-state index contributed by atoms with van der Waals surface area (Å²) in [5.41, 5.74) is 0.819. The van der Waals surface area contributed by atoms with E-state index in [1.807, 2.05) is 0 Å². The quantitative estimate of drug-likeness (QED) is 0.725. The van der Waals surface area contributed by atoms with Gasteiger partial charge in [-0.05, 0) is 58.4 Å². The molecule has 0 aliphatic carbocycles. The Morgan fingerprint density at radius 3 is 2.43 bits per heavy atom. The van der Waals surface area contributed by atoms with E-state index in [2.05, 4.69) is 20.7 Å².